The first-order chi connectivity index (χ1) is 17.0. The van der Waals surface area contributed by atoms with Crippen LogP contribution in [0.2, 0.25) is 0 Å². The Labute approximate surface area is 198 Å². The molecule has 0 aliphatic carbocycles. The van der Waals surface area contributed by atoms with Crippen molar-refractivity contribution in [1.82, 2.24) is 14.5 Å². The fourth-order valence-electron chi connectivity index (χ4n) is 3.81. The monoisotopic (exact) mass is 470 g/mol. The van der Waals surface area contributed by atoms with Crippen molar-refractivity contribution >= 4 is 17.1 Å². The van der Waals surface area contributed by atoms with Crippen molar-refractivity contribution in [1.29, 1.82) is 0 Å². The lowest BCUT2D eigenvalue weighted by atomic mass is 10.1. The Morgan fingerprint density at radius 3 is 2.51 bits per heavy atom. The number of nitrogens with zero attached hydrogens (tertiary/aromatic N) is 2. The van der Waals surface area contributed by atoms with Gasteiger partial charge in [-0.1, -0.05) is 30.3 Å². The van der Waals surface area contributed by atoms with Gasteiger partial charge in [0, 0.05) is 11.8 Å². The number of primary amides is 1. The minimum absolute atomic E-state index is 0.0932. The molecule has 2 heterocycles. The molecule has 1 amide bonds. The van der Waals surface area contributed by atoms with E-state index < -0.39 is 11.9 Å². The summed E-state index contributed by atoms with van der Waals surface area (Å²) in [6.07, 6.45) is 0.386. The number of carbonyl (C=O) groups is 1. The summed E-state index contributed by atoms with van der Waals surface area (Å²) in [5, 5.41) is 0. The van der Waals surface area contributed by atoms with E-state index in [1.807, 2.05) is 30.3 Å². The zero-order chi connectivity index (χ0) is 24.4. The van der Waals surface area contributed by atoms with E-state index in [4.69, 9.17) is 15.2 Å². The van der Waals surface area contributed by atoms with E-state index in [1.165, 1.54) is 18.5 Å². The second-order valence-corrected chi connectivity index (χ2v) is 7.66. The highest BCUT2D eigenvalue weighted by Crippen LogP contribution is 2.32. The summed E-state index contributed by atoms with van der Waals surface area (Å²) < 4.78 is 27.2. The lowest BCUT2D eigenvalue weighted by Gasteiger charge is -2.13. The zero-order valence-electron chi connectivity index (χ0n) is 18.3. The van der Waals surface area contributed by atoms with Crippen LogP contribution in [-0.4, -0.2) is 20.6 Å². The number of hydrogen-bond acceptors (Lipinski definition) is 5. The van der Waals surface area contributed by atoms with E-state index in [0.29, 0.717) is 22.5 Å². The predicted molar refractivity (Wildman–Crippen MR) is 128 cm³/mol. The SMILES string of the molecule is NC(=O)Oc1ccc(-c2cc3nc[nH]c(=O)c3n2-c2ccc(OCc3ccccc3)c(F)c2)cc1. The molecule has 0 saturated carbocycles. The van der Waals surface area contributed by atoms with Crippen LogP contribution in [0.5, 0.6) is 11.5 Å². The number of fused-ring (bicyclic) bond motifs is 1. The smallest absolute Gasteiger partial charge is 0.409 e. The average molecular weight is 470 g/mol. The van der Waals surface area contributed by atoms with Crippen LogP contribution in [0.15, 0.2) is 90.0 Å². The summed E-state index contributed by atoms with van der Waals surface area (Å²) in [5.41, 5.74) is 7.99. The number of halogens is 1. The molecule has 0 atom stereocenters. The molecule has 35 heavy (non-hydrogen) atoms. The van der Waals surface area contributed by atoms with Crippen LogP contribution >= 0.6 is 0 Å². The second-order valence-electron chi connectivity index (χ2n) is 7.66. The van der Waals surface area contributed by atoms with Gasteiger partial charge in [0.25, 0.3) is 5.56 Å². The van der Waals surface area contributed by atoms with Gasteiger partial charge in [-0.3, -0.25) is 4.79 Å². The first kappa shape index (κ1) is 21.9. The zero-order valence-corrected chi connectivity index (χ0v) is 18.3. The van der Waals surface area contributed by atoms with Crippen LogP contribution in [-0.2, 0) is 6.61 Å². The number of benzene rings is 3. The summed E-state index contributed by atoms with van der Waals surface area (Å²) in [7, 11) is 0. The van der Waals surface area contributed by atoms with E-state index in [2.05, 4.69) is 9.97 Å². The highest BCUT2D eigenvalue weighted by molar-refractivity contribution is 5.85. The summed E-state index contributed by atoms with van der Waals surface area (Å²) in [6, 6.07) is 22.2. The largest absolute Gasteiger partial charge is 0.486 e. The Bertz CT molecular complexity index is 1580. The third kappa shape index (κ3) is 4.47. The van der Waals surface area contributed by atoms with Crippen molar-refractivity contribution in [2.45, 2.75) is 6.61 Å². The molecule has 0 spiro atoms. The number of amides is 1. The molecule has 0 aliphatic heterocycles. The number of ether oxygens (including phenoxy) is 2. The minimum atomic E-state index is -0.923. The number of hydrogen-bond donors (Lipinski definition) is 2. The average Bonchev–Trinajstić information content (AvgIpc) is 3.25. The lowest BCUT2D eigenvalue weighted by Crippen LogP contribution is -2.16. The first-order valence-electron chi connectivity index (χ1n) is 10.6. The van der Waals surface area contributed by atoms with Gasteiger partial charge in [-0.25, -0.2) is 14.2 Å². The second kappa shape index (κ2) is 9.14. The third-order valence-electron chi connectivity index (χ3n) is 5.37. The molecule has 5 aromatic rings. The maximum absolute atomic E-state index is 15.1. The molecule has 3 aromatic carbocycles. The molecule has 0 radical (unpaired) electrons. The Hall–Kier alpha value is -4.92. The van der Waals surface area contributed by atoms with Gasteiger partial charge in [-0.15, -0.1) is 0 Å². The molecule has 0 unspecified atom stereocenters. The number of aromatic nitrogens is 3. The van der Waals surface area contributed by atoms with Crippen LogP contribution in [0, 0.1) is 5.82 Å². The molecule has 3 N–H and O–H groups in total. The summed E-state index contributed by atoms with van der Waals surface area (Å²) in [5.74, 6) is -0.210. The van der Waals surface area contributed by atoms with Gasteiger partial charge in [0.1, 0.15) is 17.9 Å². The number of aromatic amines is 1. The maximum Gasteiger partial charge on any atom is 0.409 e. The van der Waals surface area contributed by atoms with Crippen molar-refractivity contribution < 1.29 is 18.7 Å². The van der Waals surface area contributed by atoms with Gasteiger partial charge in [0.2, 0.25) is 0 Å². The molecule has 174 valence electrons. The standard InChI is InChI=1S/C26H19FN4O4/c27-20-12-18(8-11-23(20)34-14-16-4-2-1-3-5-16)31-22(13-21-24(31)25(32)30-15-29-21)17-6-9-19(10-7-17)35-26(28)33/h1-13,15H,14H2,(H2,28,33)(H,29,30,32). The Morgan fingerprint density at radius 1 is 1.03 bits per heavy atom. The normalized spacial score (nSPS) is 10.9. The molecule has 0 aliphatic rings. The van der Waals surface area contributed by atoms with Gasteiger partial charge in [0.05, 0.1) is 17.5 Å². The van der Waals surface area contributed by atoms with Gasteiger partial charge in [0.15, 0.2) is 11.6 Å². The predicted octanol–water partition coefficient (Wildman–Crippen LogP) is 4.56. The Morgan fingerprint density at radius 2 is 1.80 bits per heavy atom. The summed E-state index contributed by atoms with van der Waals surface area (Å²) in [6.45, 7) is 0.220. The molecule has 0 bridgehead atoms. The topological polar surface area (TPSA) is 112 Å². The highest BCUT2D eigenvalue weighted by atomic mass is 19.1. The quantitative estimate of drug-likeness (QED) is 0.378. The third-order valence-corrected chi connectivity index (χ3v) is 5.37. The fraction of sp³-hybridized carbons (Fsp3) is 0.0385. The number of nitrogens with two attached hydrogens (primary N) is 1. The summed E-state index contributed by atoms with van der Waals surface area (Å²) >= 11 is 0. The molecule has 2 aromatic heterocycles. The van der Waals surface area contributed by atoms with Gasteiger partial charge in [-0.2, -0.15) is 0 Å². The van der Waals surface area contributed by atoms with Crippen LogP contribution in [0.1, 0.15) is 5.56 Å². The van der Waals surface area contributed by atoms with E-state index in [-0.39, 0.29) is 29.2 Å². The van der Waals surface area contributed by atoms with Crippen molar-refractivity contribution in [3.8, 4) is 28.4 Å². The molecular formula is C26H19FN4O4. The fourth-order valence-corrected chi connectivity index (χ4v) is 3.81. The number of carbonyl (C=O) groups excluding carboxylic acids is 1. The van der Waals surface area contributed by atoms with Crippen LogP contribution in [0.25, 0.3) is 28.0 Å². The van der Waals surface area contributed by atoms with Crippen molar-refractivity contribution in [2.24, 2.45) is 5.73 Å². The Kier molecular flexibility index (Phi) is 5.72. The van der Waals surface area contributed by atoms with Crippen LogP contribution < -0.4 is 20.8 Å². The summed E-state index contributed by atoms with van der Waals surface area (Å²) in [4.78, 5) is 30.5. The molecular weight excluding hydrogens is 451 g/mol. The molecule has 8 nitrogen and oxygen atoms in total. The number of H-pyrrole nitrogens is 1. The minimum Gasteiger partial charge on any atom is -0.486 e. The molecule has 9 heteroatoms. The number of rotatable bonds is 6. The van der Waals surface area contributed by atoms with E-state index >= 15 is 4.39 Å². The van der Waals surface area contributed by atoms with E-state index in [0.717, 1.165) is 5.56 Å². The van der Waals surface area contributed by atoms with Crippen LogP contribution in [0.3, 0.4) is 0 Å². The van der Waals surface area contributed by atoms with Gasteiger partial charge < -0.3 is 24.8 Å². The molecule has 0 saturated heterocycles. The van der Waals surface area contributed by atoms with E-state index in [9.17, 15) is 9.59 Å². The van der Waals surface area contributed by atoms with E-state index in [1.54, 1.807) is 41.0 Å². The van der Waals surface area contributed by atoms with Crippen LogP contribution in [0.4, 0.5) is 9.18 Å². The lowest BCUT2D eigenvalue weighted by molar-refractivity contribution is 0.211. The molecule has 5 rings (SSSR count). The van der Waals surface area contributed by atoms with Crippen molar-refractivity contribution in [3.05, 3.63) is 107 Å². The van der Waals surface area contributed by atoms with Crippen molar-refractivity contribution in [3.63, 3.8) is 0 Å². The Balaban J connectivity index is 1.56. The highest BCUT2D eigenvalue weighted by Gasteiger charge is 2.18. The van der Waals surface area contributed by atoms with Gasteiger partial charge >= 0.3 is 6.09 Å². The van der Waals surface area contributed by atoms with Gasteiger partial charge in [-0.05, 0) is 53.6 Å². The first-order valence-corrected chi connectivity index (χ1v) is 10.6. The molecule has 0 fully saturated rings. The van der Waals surface area contributed by atoms with Crippen molar-refractivity contribution in [2.75, 3.05) is 0 Å². The number of nitrogens with one attached hydrogen (secondary N) is 1. The maximum atomic E-state index is 15.1.